The van der Waals surface area contributed by atoms with Crippen molar-refractivity contribution in [2.75, 3.05) is 0 Å². The lowest BCUT2D eigenvalue weighted by atomic mass is 9.81. The van der Waals surface area contributed by atoms with E-state index in [0.29, 0.717) is 25.3 Å². The van der Waals surface area contributed by atoms with Crippen LogP contribution in [0.3, 0.4) is 0 Å². The smallest absolute Gasteiger partial charge is 0.248 e. The molecule has 1 heterocycles. The molecule has 108 valence electrons. The van der Waals surface area contributed by atoms with Gasteiger partial charge >= 0.3 is 0 Å². The highest BCUT2D eigenvalue weighted by molar-refractivity contribution is 5.03. The molecule has 0 amide bonds. The first-order chi connectivity index (χ1) is 8.87. The monoisotopic (exact) mass is 271 g/mol. The zero-order valence-electron chi connectivity index (χ0n) is 11.6. The molecule has 0 bridgehead atoms. The van der Waals surface area contributed by atoms with Gasteiger partial charge in [0.15, 0.2) is 0 Å². The molecule has 1 fully saturated rings. The third-order valence-corrected chi connectivity index (χ3v) is 4.00. The molecule has 1 aliphatic rings. The van der Waals surface area contributed by atoms with Gasteiger partial charge in [-0.3, -0.25) is 4.68 Å². The number of halogens is 2. The predicted octanol–water partition coefficient (Wildman–Crippen LogP) is 3.16. The van der Waals surface area contributed by atoms with Crippen molar-refractivity contribution in [3.8, 4) is 0 Å². The molecular formula is C14H23F2N3. The maximum Gasteiger partial charge on any atom is 0.248 e. The first kappa shape index (κ1) is 14.4. The second-order valence-electron chi connectivity index (χ2n) is 5.94. The Morgan fingerprint density at radius 3 is 2.58 bits per heavy atom. The highest BCUT2D eigenvalue weighted by atomic mass is 19.3. The van der Waals surface area contributed by atoms with E-state index in [1.807, 2.05) is 16.9 Å². The predicted molar refractivity (Wildman–Crippen MR) is 71.2 cm³/mol. The number of hydrogen-bond donors (Lipinski definition) is 1. The summed E-state index contributed by atoms with van der Waals surface area (Å²) >= 11 is 0. The second kappa shape index (κ2) is 5.57. The van der Waals surface area contributed by atoms with Gasteiger partial charge in [0.05, 0.1) is 5.69 Å². The molecule has 2 N–H and O–H groups in total. The standard InChI is InChI=1S/C14H23F2N3/c1-10(2)19-8-5-12(18-19)9-13(17)11-3-6-14(15,16)7-4-11/h5,8,10-11,13H,3-4,6-7,9,17H2,1-2H3. The van der Waals surface area contributed by atoms with Gasteiger partial charge in [-0.25, -0.2) is 8.78 Å². The molecule has 0 aliphatic heterocycles. The normalized spacial score (nSPS) is 21.8. The van der Waals surface area contributed by atoms with E-state index in [0.717, 1.165) is 5.69 Å². The van der Waals surface area contributed by atoms with Crippen molar-refractivity contribution in [2.24, 2.45) is 11.7 Å². The van der Waals surface area contributed by atoms with Crippen LogP contribution in [0.25, 0.3) is 0 Å². The Bertz CT molecular complexity index is 405. The van der Waals surface area contributed by atoms with Crippen LogP contribution < -0.4 is 5.73 Å². The Morgan fingerprint density at radius 2 is 2.05 bits per heavy atom. The van der Waals surface area contributed by atoms with E-state index in [-0.39, 0.29) is 24.8 Å². The highest BCUT2D eigenvalue weighted by Crippen LogP contribution is 2.37. The summed E-state index contributed by atoms with van der Waals surface area (Å²) in [6, 6.07) is 2.24. The average molecular weight is 271 g/mol. The van der Waals surface area contributed by atoms with Crippen molar-refractivity contribution in [3.63, 3.8) is 0 Å². The van der Waals surface area contributed by atoms with Crippen molar-refractivity contribution in [3.05, 3.63) is 18.0 Å². The van der Waals surface area contributed by atoms with Crippen LogP contribution in [0.5, 0.6) is 0 Å². The molecule has 1 aromatic rings. The van der Waals surface area contributed by atoms with Gasteiger partial charge in [-0.05, 0) is 38.7 Å². The Kier molecular flexibility index (Phi) is 4.23. The Labute approximate surface area is 113 Å². The van der Waals surface area contributed by atoms with Crippen LogP contribution in [0.15, 0.2) is 12.3 Å². The summed E-state index contributed by atoms with van der Waals surface area (Å²) in [4.78, 5) is 0. The number of nitrogens with two attached hydrogens (primary N) is 1. The second-order valence-corrected chi connectivity index (χ2v) is 5.94. The molecule has 1 unspecified atom stereocenters. The molecular weight excluding hydrogens is 248 g/mol. The molecule has 1 aliphatic carbocycles. The van der Waals surface area contributed by atoms with Crippen molar-refractivity contribution >= 4 is 0 Å². The lowest BCUT2D eigenvalue weighted by Crippen LogP contribution is -2.37. The van der Waals surface area contributed by atoms with Crippen molar-refractivity contribution in [1.82, 2.24) is 9.78 Å². The number of aromatic nitrogens is 2. The topological polar surface area (TPSA) is 43.8 Å². The molecule has 1 aromatic heterocycles. The summed E-state index contributed by atoms with van der Waals surface area (Å²) in [5, 5.41) is 4.46. The first-order valence-electron chi connectivity index (χ1n) is 7.05. The van der Waals surface area contributed by atoms with E-state index in [1.54, 1.807) is 0 Å². The first-order valence-corrected chi connectivity index (χ1v) is 7.05. The number of rotatable bonds is 4. The summed E-state index contributed by atoms with van der Waals surface area (Å²) in [5.74, 6) is -2.28. The molecule has 2 rings (SSSR count). The zero-order valence-corrected chi connectivity index (χ0v) is 11.6. The highest BCUT2D eigenvalue weighted by Gasteiger charge is 2.36. The van der Waals surface area contributed by atoms with Crippen LogP contribution in [0.2, 0.25) is 0 Å². The number of alkyl halides is 2. The van der Waals surface area contributed by atoms with E-state index < -0.39 is 5.92 Å². The van der Waals surface area contributed by atoms with Crippen LogP contribution in [0.4, 0.5) is 8.78 Å². The SMILES string of the molecule is CC(C)n1ccc(CC(N)C2CCC(F)(F)CC2)n1. The zero-order chi connectivity index (χ0) is 14.0. The van der Waals surface area contributed by atoms with Gasteiger partial charge in [0, 0.05) is 37.5 Å². The maximum atomic E-state index is 13.1. The van der Waals surface area contributed by atoms with Gasteiger partial charge < -0.3 is 5.73 Å². The minimum Gasteiger partial charge on any atom is -0.327 e. The quantitative estimate of drug-likeness (QED) is 0.914. The fourth-order valence-corrected chi connectivity index (χ4v) is 2.67. The molecule has 19 heavy (non-hydrogen) atoms. The van der Waals surface area contributed by atoms with E-state index in [9.17, 15) is 8.78 Å². The van der Waals surface area contributed by atoms with E-state index in [4.69, 9.17) is 5.73 Å². The summed E-state index contributed by atoms with van der Waals surface area (Å²) < 4.78 is 28.1. The molecule has 5 heteroatoms. The van der Waals surface area contributed by atoms with Crippen LogP contribution in [0, 0.1) is 5.92 Å². The van der Waals surface area contributed by atoms with Crippen molar-refractivity contribution < 1.29 is 8.78 Å². The maximum absolute atomic E-state index is 13.1. The molecule has 0 radical (unpaired) electrons. The van der Waals surface area contributed by atoms with Crippen LogP contribution in [-0.2, 0) is 6.42 Å². The van der Waals surface area contributed by atoms with Gasteiger partial charge in [-0.1, -0.05) is 0 Å². The molecule has 1 saturated carbocycles. The Morgan fingerprint density at radius 1 is 1.42 bits per heavy atom. The minimum absolute atomic E-state index is 0.0220. The Balaban J connectivity index is 1.88. The van der Waals surface area contributed by atoms with Crippen LogP contribution >= 0.6 is 0 Å². The van der Waals surface area contributed by atoms with E-state index in [1.165, 1.54) is 0 Å². The lowest BCUT2D eigenvalue weighted by molar-refractivity contribution is -0.0481. The molecule has 0 spiro atoms. The minimum atomic E-state index is -2.48. The molecule has 1 atom stereocenters. The summed E-state index contributed by atoms with van der Waals surface area (Å²) in [5.41, 5.74) is 7.12. The summed E-state index contributed by atoms with van der Waals surface area (Å²) in [7, 11) is 0. The largest absolute Gasteiger partial charge is 0.327 e. The summed E-state index contributed by atoms with van der Waals surface area (Å²) in [6.45, 7) is 4.14. The van der Waals surface area contributed by atoms with E-state index >= 15 is 0 Å². The molecule has 0 aromatic carbocycles. The van der Waals surface area contributed by atoms with Crippen LogP contribution in [-0.4, -0.2) is 21.7 Å². The van der Waals surface area contributed by atoms with Crippen molar-refractivity contribution in [2.45, 2.75) is 64.0 Å². The molecule has 3 nitrogen and oxygen atoms in total. The van der Waals surface area contributed by atoms with Gasteiger partial charge in [0.1, 0.15) is 0 Å². The molecule has 0 saturated heterocycles. The fraction of sp³-hybridized carbons (Fsp3) is 0.786. The lowest BCUT2D eigenvalue weighted by Gasteiger charge is -2.31. The van der Waals surface area contributed by atoms with Gasteiger partial charge in [-0.15, -0.1) is 0 Å². The summed E-state index contributed by atoms with van der Waals surface area (Å²) in [6.07, 6.45) is 3.63. The van der Waals surface area contributed by atoms with Gasteiger partial charge in [0.25, 0.3) is 0 Å². The number of hydrogen-bond acceptors (Lipinski definition) is 2. The number of nitrogens with zero attached hydrogens (tertiary/aromatic N) is 2. The third-order valence-electron chi connectivity index (χ3n) is 4.00. The van der Waals surface area contributed by atoms with Crippen LogP contribution in [0.1, 0.15) is 51.3 Å². The average Bonchev–Trinajstić information content (AvgIpc) is 2.77. The van der Waals surface area contributed by atoms with E-state index in [2.05, 4.69) is 18.9 Å². The Hall–Kier alpha value is -0.970. The van der Waals surface area contributed by atoms with Crippen molar-refractivity contribution in [1.29, 1.82) is 0 Å². The third kappa shape index (κ3) is 3.75. The van der Waals surface area contributed by atoms with Gasteiger partial charge in [0.2, 0.25) is 5.92 Å². The van der Waals surface area contributed by atoms with Gasteiger partial charge in [-0.2, -0.15) is 5.10 Å². The fourth-order valence-electron chi connectivity index (χ4n) is 2.67.